The Kier molecular flexibility index (Phi) is 6.12. The Labute approximate surface area is 185 Å². The van der Waals surface area contributed by atoms with Gasteiger partial charge in [0.1, 0.15) is 11.3 Å². The number of nitrogens with zero attached hydrogens (tertiary/aromatic N) is 1. The number of carbonyl (C=O) groups is 1. The van der Waals surface area contributed by atoms with Crippen LogP contribution in [0.2, 0.25) is 0 Å². The predicted molar refractivity (Wildman–Crippen MR) is 126 cm³/mol. The van der Waals surface area contributed by atoms with Gasteiger partial charge < -0.3 is 10.1 Å². The number of aromatic amines is 1. The van der Waals surface area contributed by atoms with Gasteiger partial charge in [-0.25, -0.2) is 5.10 Å². The summed E-state index contributed by atoms with van der Waals surface area (Å²) in [6, 6.07) is 25.8. The van der Waals surface area contributed by atoms with Crippen LogP contribution < -0.4 is 15.6 Å². The molecule has 3 aromatic carbocycles. The second-order valence-corrected chi connectivity index (χ2v) is 7.53. The number of carbonyl (C=O) groups excluding carboxylic acids is 1. The average Bonchev–Trinajstić information content (AvgIpc) is 2.81. The maximum absolute atomic E-state index is 13.3. The fourth-order valence-corrected chi connectivity index (χ4v) is 3.44. The highest BCUT2D eigenvalue weighted by Gasteiger charge is 2.23. The van der Waals surface area contributed by atoms with E-state index in [1.54, 1.807) is 24.3 Å². The van der Waals surface area contributed by atoms with Gasteiger partial charge in [0, 0.05) is 16.8 Å². The quantitative estimate of drug-likeness (QED) is 0.448. The van der Waals surface area contributed by atoms with Gasteiger partial charge in [0.15, 0.2) is 0 Å². The Hall–Kier alpha value is -4.19. The van der Waals surface area contributed by atoms with Crippen molar-refractivity contribution in [2.45, 2.75) is 20.0 Å². The molecule has 0 fully saturated rings. The highest BCUT2D eigenvalue weighted by atomic mass is 16.5. The van der Waals surface area contributed by atoms with Gasteiger partial charge >= 0.3 is 0 Å². The molecule has 160 valence electrons. The number of rotatable bonds is 6. The molecule has 0 aliphatic heterocycles. The first-order chi connectivity index (χ1) is 15.5. The fraction of sp³-hybridized carbons (Fsp3) is 0.115. The van der Waals surface area contributed by atoms with E-state index in [0.717, 1.165) is 11.1 Å². The van der Waals surface area contributed by atoms with Crippen molar-refractivity contribution in [3.63, 3.8) is 0 Å². The second-order valence-electron chi connectivity index (χ2n) is 7.53. The van der Waals surface area contributed by atoms with Crippen LogP contribution in [0.15, 0.2) is 89.7 Å². The summed E-state index contributed by atoms with van der Waals surface area (Å²) in [7, 11) is 0. The summed E-state index contributed by atoms with van der Waals surface area (Å²) in [4.78, 5) is 26.1. The zero-order chi connectivity index (χ0) is 22.5. The molecule has 1 heterocycles. The van der Waals surface area contributed by atoms with E-state index in [1.807, 2.05) is 74.5 Å². The van der Waals surface area contributed by atoms with E-state index < -0.39 is 11.5 Å². The predicted octanol–water partition coefficient (Wildman–Crippen LogP) is 5.14. The van der Waals surface area contributed by atoms with Crippen LogP contribution in [0.3, 0.4) is 0 Å². The highest BCUT2D eigenvalue weighted by Crippen LogP contribution is 2.32. The van der Waals surface area contributed by atoms with Crippen LogP contribution in [0.1, 0.15) is 24.2 Å². The summed E-state index contributed by atoms with van der Waals surface area (Å²) in [6.07, 6.45) is 0.0515. The van der Waals surface area contributed by atoms with Crippen molar-refractivity contribution in [2.24, 2.45) is 0 Å². The molecular formula is C26H23N3O3. The van der Waals surface area contributed by atoms with Crippen molar-refractivity contribution in [3.05, 3.63) is 101 Å². The van der Waals surface area contributed by atoms with Crippen LogP contribution >= 0.6 is 0 Å². The molecule has 0 aliphatic carbocycles. The van der Waals surface area contributed by atoms with E-state index in [4.69, 9.17) is 4.74 Å². The monoisotopic (exact) mass is 425 g/mol. The molecule has 0 radical (unpaired) electrons. The summed E-state index contributed by atoms with van der Waals surface area (Å²) in [5.41, 5.74) is 2.55. The molecule has 0 saturated carbocycles. The Morgan fingerprint density at radius 2 is 1.47 bits per heavy atom. The van der Waals surface area contributed by atoms with Crippen molar-refractivity contribution in [1.82, 2.24) is 10.2 Å². The lowest BCUT2D eigenvalue weighted by molar-refractivity contribution is 0.102. The number of H-pyrrole nitrogens is 1. The van der Waals surface area contributed by atoms with Crippen molar-refractivity contribution < 1.29 is 9.53 Å². The third kappa shape index (κ3) is 4.59. The number of aromatic nitrogens is 2. The standard InChI is InChI=1S/C26H23N3O3/c1-17(2)32-21-15-13-20(14-16-21)27-25(30)23-22(18-9-5-3-6-10-18)24(28-29-26(23)31)19-11-7-4-8-12-19/h3-17H,1-2H3,(H,27,30)(H,29,31). The van der Waals surface area contributed by atoms with Crippen molar-refractivity contribution in [1.29, 1.82) is 0 Å². The third-order valence-electron chi connectivity index (χ3n) is 4.80. The zero-order valence-electron chi connectivity index (χ0n) is 17.8. The molecule has 6 nitrogen and oxygen atoms in total. The number of nitrogens with one attached hydrogen (secondary N) is 2. The molecule has 0 aliphatic rings. The zero-order valence-corrected chi connectivity index (χ0v) is 17.8. The van der Waals surface area contributed by atoms with Crippen LogP contribution in [0.5, 0.6) is 5.75 Å². The molecular weight excluding hydrogens is 402 g/mol. The fourth-order valence-electron chi connectivity index (χ4n) is 3.44. The summed E-state index contributed by atoms with van der Waals surface area (Å²) >= 11 is 0. The SMILES string of the molecule is CC(C)Oc1ccc(NC(=O)c2c(-c3ccccc3)c(-c3ccccc3)n[nH]c2=O)cc1. The summed E-state index contributed by atoms with van der Waals surface area (Å²) in [6.45, 7) is 3.89. The third-order valence-corrected chi connectivity index (χ3v) is 4.80. The summed E-state index contributed by atoms with van der Waals surface area (Å²) in [5.74, 6) is 0.193. The Morgan fingerprint density at radius 3 is 2.06 bits per heavy atom. The first-order valence-corrected chi connectivity index (χ1v) is 10.3. The van der Waals surface area contributed by atoms with Crippen LogP contribution in [-0.4, -0.2) is 22.2 Å². The molecule has 2 N–H and O–H groups in total. The van der Waals surface area contributed by atoms with Crippen molar-refractivity contribution >= 4 is 11.6 Å². The van der Waals surface area contributed by atoms with Crippen LogP contribution in [-0.2, 0) is 0 Å². The van der Waals surface area contributed by atoms with Gasteiger partial charge in [-0.1, -0.05) is 60.7 Å². The smallest absolute Gasteiger partial charge is 0.277 e. The number of hydrogen-bond donors (Lipinski definition) is 2. The first-order valence-electron chi connectivity index (χ1n) is 10.3. The Morgan fingerprint density at radius 1 is 0.875 bits per heavy atom. The van der Waals surface area contributed by atoms with E-state index >= 15 is 0 Å². The Bertz CT molecular complexity index is 1270. The minimum atomic E-state index is -0.555. The molecule has 0 spiro atoms. The van der Waals surface area contributed by atoms with E-state index in [1.165, 1.54) is 0 Å². The van der Waals surface area contributed by atoms with Gasteiger partial charge in [-0.3, -0.25) is 9.59 Å². The van der Waals surface area contributed by atoms with Gasteiger partial charge in [-0.05, 0) is 43.7 Å². The lowest BCUT2D eigenvalue weighted by Gasteiger charge is -2.14. The van der Waals surface area contributed by atoms with Crippen molar-refractivity contribution in [3.8, 4) is 28.1 Å². The van der Waals surface area contributed by atoms with E-state index in [-0.39, 0.29) is 11.7 Å². The Balaban J connectivity index is 1.78. The van der Waals surface area contributed by atoms with E-state index in [9.17, 15) is 9.59 Å². The minimum absolute atomic E-state index is 0.00700. The molecule has 0 unspecified atom stereocenters. The largest absolute Gasteiger partial charge is 0.491 e. The number of amides is 1. The topological polar surface area (TPSA) is 84.1 Å². The summed E-state index contributed by atoms with van der Waals surface area (Å²) in [5, 5.41) is 9.59. The molecule has 6 heteroatoms. The molecule has 1 aromatic heterocycles. The normalized spacial score (nSPS) is 10.7. The van der Waals surface area contributed by atoms with Crippen LogP contribution in [0.25, 0.3) is 22.4 Å². The van der Waals surface area contributed by atoms with Gasteiger partial charge in [0.05, 0.1) is 11.8 Å². The van der Waals surface area contributed by atoms with Crippen LogP contribution in [0, 0.1) is 0 Å². The molecule has 0 atom stereocenters. The highest BCUT2D eigenvalue weighted by molar-refractivity contribution is 6.10. The number of benzene rings is 3. The number of hydrogen-bond acceptors (Lipinski definition) is 4. The van der Waals surface area contributed by atoms with E-state index in [0.29, 0.717) is 22.7 Å². The molecule has 4 rings (SSSR count). The van der Waals surface area contributed by atoms with Crippen LogP contribution in [0.4, 0.5) is 5.69 Å². The molecule has 0 saturated heterocycles. The molecule has 0 bridgehead atoms. The minimum Gasteiger partial charge on any atom is -0.491 e. The van der Waals surface area contributed by atoms with Gasteiger partial charge in [0.2, 0.25) is 0 Å². The van der Waals surface area contributed by atoms with E-state index in [2.05, 4.69) is 15.5 Å². The number of anilines is 1. The van der Waals surface area contributed by atoms with Crippen molar-refractivity contribution in [2.75, 3.05) is 5.32 Å². The molecule has 32 heavy (non-hydrogen) atoms. The van der Waals surface area contributed by atoms with Gasteiger partial charge in [0.25, 0.3) is 11.5 Å². The van der Waals surface area contributed by atoms with Gasteiger partial charge in [-0.2, -0.15) is 5.10 Å². The average molecular weight is 425 g/mol. The summed E-state index contributed by atoms with van der Waals surface area (Å²) < 4.78 is 5.64. The first kappa shape index (κ1) is 21.1. The lowest BCUT2D eigenvalue weighted by atomic mass is 9.95. The molecule has 4 aromatic rings. The maximum Gasteiger partial charge on any atom is 0.277 e. The number of ether oxygens (including phenoxy) is 1. The second kappa shape index (κ2) is 9.31. The lowest BCUT2D eigenvalue weighted by Crippen LogP contribution is -2.26. The molecule has 1 amide bonds. The maximum atomic E-state index is 13.3. The van der Waals surface area contributed by atoms with Gasteiger partial charge in [-0.15, -0.1) is 0 Å².